The van der Waals surface area contributed by atoms with Crippen LogP contribution in [0.15, 0.2) is 28.7 Å². The summed E-state index contributed by atoms with van der Waals surface area (Å²) in [5.41, 5.74) is 0.312. The maximum absolute atomic E-state index is 13.6. The fourth-order valence-electron chi connectivity index (χ4n) is 1.94. The third kappa shape index (κ3) is 2.71. The van der Waals surface area contributed by atoms with Crippen LogP contribution in [-0.2, 0) is 4.74 Å². The molecule has 1 heterocycles. The quantitative estimate of drug-likeness (QED) is 0.855. The van der Waals surface area contributed by atoms with Gasteiger partial charge in [0.05, 0.1) is 12.6 Å². The van der Waals surface area contributed by atoms with Crippen LogP contribution in [0.2, 0.25) is 0 Å². The van der Waals surface area contributed by atoms with E-state index < -0.39 is 0 Å². The van der Waals surface area contributed by atoms with E-state index in [1.807, 2.05) is 26.0 Å². The molecule has 98 valence electrons. The van der Waals surface area contributed by atoms with Crippen LogP contribution in [0.1, 0.15) is 25.6 Å². The summed E-state index contributed by atoms with van der Waals surface area (Å²) >= 11 is 0. The first-order valence-corrected chi connectivity index (χ1v) is 6.25. The fourth-order valence-corrected chi connectivity index (χ4v) is 1.94. The minimum atomic E-state index is -0.328. The van der Waals surface area contributed by atoms with E-state index in [1.165, 1.54) is 6.07 Å². The molecule has 1 aromatic carbocycles. The number of likely N-dealkylation sites (N-methyl/N-ethyl adjacent to an activating group) is 1. The van der Waals surface area contributed by atoms with Crippen LogP contribution in [0.3, 0.4) is 0 Å². The van der Waals surface area contributed by atoms with E-state index in [0.717, 1.165) is 11.9 Å². The van der Waals surface area contributed by atoms with E-state index in [1.54, 1.807) is 6.07 Å². The van der Waals surface area contributed by atoms with Gasteiger partial charge >= 0.3 is 0 Å². The maximum atomic E-state index is 13.6. The monoisotopic (exact) mass is 251 g/mol. The van der Waals surface area contributed by atoms with E-state index in [9.17, 15) is 4.39 Å². The van der Waals surface area contributed by atoms with Gasteiger partial charge in [-0.1, -0.05) is 19.1 Å². The number of ether oxygens (including phenoxy) is 1. The van der Waals surface area contributed by atoms with Crippen molar-refractivity contribution in [1.82, 2.24) is 5.32 Å². The predicted octanol–water partition coefficient (Wildman–Crippen LogP) is 3.26. The molecule has 0 fully saturated rings. The van der Waals surface area contributed by atoms with E-state index in [2.05, 4.69) is 5.32 Å². The highest BCUT2D eigenvalue weighted by Crippen LogP contribution is 2.26. The lowest BCUT2D eigenvalue weighted by Crippen LogP contribution is -2.24. The average Bonchev–Trinajstić information content (AvgIpc) is 2.80. The number of halogens is 1. The van der Waals surface area contributed by atoms with Crippen LogP contribution in [0, 0.1) is 5.82 Å². The lowest BCUT2D eigenvalue weighted by Gasteiger charge is -2.14. The lowest BCUT2D eigenvalue weighted by atomic mass is 10.2. The summed E-state index contributed by atoms with van der Waals surface area (Å²) in [6.07, 6.45) is 0. The molecule has 3 nitrogen and oxygen atoms in total. The summed E-state index contributed by atoms with van der Waals surface area (Å²) in [7, 11) is 0. The zero-order chi connectivity index (χ0) is 13.0. The second kappa shape index (κ2) is 5.98. The smallest absolute Gasteiger partial charge is 0.169 e. The number of rotatable bonds is 6. The summed E-state index contributed by atoms with van der Waals surface area (Å²) in [6.45, 7) is 5.93. The molecule has 0 bridgehead atoms. The number of benzene rings is 1. The Labute approximate surface area is 106 Å². The Morgan fingerprint density at radius 2 is 2.22 bits per heavy atom. The lowest BCUT2D eigenvalue weighted by molar-refractivity contribution is 0.117. The summed E-state index contributed by atoms with van der Waals surface area (Å²) in [6, 6.07) is 6.75. The number of fused-ring (bicyclic) bond motifs is 1. The Bertz CT molecular complexity index is 509. The van der Waals surface area contributed by atoms with Crippen LogP contribution in [0.4, 0.5) is 4.39 Å². The third-order valence-corrected chi connectivity index (χ3v) is 2.80. The first kappa shape index (κ1) is 13.1. The molecule has 0 saturated heterocycles. The molecule has 2 rings (SSSR count). The van der Waals surface area contributed by atoms with E-state index in [4.69, 9.17) is 9.15 Å². The van der Waals surface area contributed by atoms with Crippen molar-refractivity contribution in [2.45, 2.75) is 19.9 Å². The molecular weight excluding hydrogens is 233 g/mol. The molecule has 0 aliphatic rings. The Morgan fingerprint density at radius 1 is 1.39 bits per heavy atom. The molecule has 1 aromatic heterocycles. The number of hydrogen-bond acceptors (Lipinski definition) is 3. The second-order valence-corrected chi connectivity index (χ2v) is 4.08. The average molecular weight is 251 g/mol. The van der Waals surface area contributed by atoms with E-state index in [0.29, 0.717) is 24.6 Å². The molecule has 2 aromatic rings. The van der Waals surface area contributed by atoms with Crippen molar-refractivity contribution >= 4 is 11.0 Å². The van der Waals surface area contributed by atoms with Crippen molar-refractivity contribution in [2.24, 2.45) is 0 Å². The molecule has 0 spiro atoms. The molecule has 0 amide bonds. The SMILES string of the molecule is CCNC(COCC)c1cc2cccc(F)c2o1. The Morgan fingerprint density at radius 3 is 2.89 bits per heavy atom. The van der Waals surface area contributed by atoms with Crippen molar-refractivity contribution in [3.8, 4) is 0 Å². The summed E-state index contributed by atoms with van der Waals surface area (Å²) in [5, 5.41) is 4.05. The molecule has 1 atom stereocenters. The predicted molar refractivity (Wildman–Crippen MR) is 69.1 cm³/mol. The Balaban J connectivity index is 2.29. The van der Waals surface area contributed by atoms with Gasteiger partial charge in [-0.2, -0.15) is 0 Å². The van der Waals surface area contributed by atoms with Gasteiger partial charge in [0.1, 0.15) is 5.76 Å². The number of nitrogens with one attached hydrogen (secondary N) is 1. The molecular formula is C14H18FNO2. The largest absolute Gasteiger partial charge is 0.456 e. The standard InChI is InChI=1S/C14H18FNO2/c1-3-16-12(9-17-4-2)13-8-10-6-5-7-11(15)14(10)18-13/h5-8,12,16H,3-4,9H2,1-2H3. The van der Waals surface area contributed by atoms with Crippen molar-refractivity contribution < 1.29 is 13.5 Å². The van der Waals surface area contributed by atoms with Crippen LogP contribution in [0.5, 0.6) is 0 Å². The van der Waals surface area contributed by atoms with Gasteiger partial charge in [-0.3, -0.25) is 0 Å². The van der Waals surface area contributed by atoms with Crippen LogP contribution < -0.4 is 5.32 Å². The third-order valence-electron chi connectivity index (χ3n) is 2.80. The molecule has 0 aliphatic carbocycles. The van der Waals surface area contributed by atoms with Crippen molar-refractivity contribution in [2.75, 3.05) is 19.8 Å². The van der Waals surface area contributed by atoms with Crippen LogP contribution in [-0.4, -0.2) is 19.8 Å². The second-order valence-electron chi connectivity index (χ2n) is 4.08. The maximum Gasteiger partial charge on any atom is 0.169 e. The van der Waals surface area contributed by atoms with Crippen molar-refractivity contribution in [1.29, 1.82) is 0 Å². The minimum Gasteiger partial charge on any atom is -0.456 e. The molecule has 4 heteroatoms. The van der Waals surface area contributed by atoms with E-state index in [-0.39, 0.29) is 11.9 Å². The van der Waals surface area contributed by atoms with Gasteiger partial charge < -0.3 is 14.5 Å². The first-order valence-electron chi connectivity index (χ1n) is 6.25. The highest BCUT2D eigenvalue weighted by Gasteiger charge is 2.16. The zero-order valence-electron chi connectivity index (χ0n) is 10.7. The molecule has 1 N–H and O–H groups in total. The summed E-state index contributed by atoms with van der Waals surface area (Å²) in [5.74, 6) is 0.385. The van der Waals surface area contributed by atoms with Gasteiger partial charge in [-0.05, 0) is 25.6 Å². The van der Waals surface area contributed by atoms with E-state index >= 15 is 0 Å². The molecule has 0 aliphatic heterocycles. The minimum absolute atomic E-state index is 0.0400. The van der Waals surface area contributed by atoms with Gasteiger partial charge in [0.15, 0.2) is 11.4 Å². The number of para-hydroxylation sites is 1. The molecule has 1 unspecified atom stereocenters. The zero-order valence-corrected chi connectivity index (χ0v) is 10.7. The molecule has 0 saturated carbocycles. The number of hydrogen-bond donors (Lipinski definition) is 1. The normalized spacial score (nSPS) is 13.1. The molecule has 0 radical (unpaired) electrons. The highest BCUT2D eigenvalue weighted by molar-refractivity contribution is 5.78. The van der Waals surface area contributed by atoms with Crippen LogP contribution >= 0.6 is 0 Å². The van der Waals surface area contributed by atoms with Gasteiger partial charge in [0.25, 0.3) is 0 Å². The summed E-state index contributed by atoms with van der Waals surface area (Å²) in [4.78, 5) is 0. The van der Waals surface area contributed by atoms with Gasteiger partial charge in [-0.25, -0.2) is 4.39 Å². The van der Waals surface area contributed by atoms with Crippen LogP contribution in [0.25, 0.3) is 11.0 Å². The Kier molecular flexibility index (Phi) is 4.33. The van der Waals surface area contributed by atoms with Gasteiger partial charge in [0, 0.05) is 12.0 Å². The summed E-state index contributed by atoms with van der Waals surface area (Å²) < 4.78 is 24.6. The highest BCUT2D eigenvalue weighted by atomic mass is 19.1. The topological polar surface area (TPSA) is 34.4 Å². The fraction of sp³-hybridized carbons (Fsp3) is 0.429. The number of furan rings is 1. The van der Waals surface area contributed by atoms with Crippen molar-refractivity contribution in [3.63, 3.8) is 0 Å². The van der Waals surface area contributed by atoms with Gasteiger partial charge in [-0.15, -0.1) is 0 Å². The molecule has 18 heavy (non-hydrogen) atoms. The first-order chi connectivity index (χ1) is 8.76. The van der Waals surface area contributed by atoms with Gasteiger partial charge in [0.2, 0.25) is 0 Å². The van der Waals surface area contributed by atoms with Crippen molar-refractivity contribution in [3.05, 3.63) is 35.8 Å². The Hall–Kier alpha value is -1.39.